The van der Waals surface area contributed by atoms with Gasteiger partial charge in [-0.25, -0.2) is 9.97 Å². The Morgan fingerprint density at radius 2 is 2.09 bits per heavy atom. The molecule has 3 aromatic heterocycles. The van der Waals surface area contributed by atoms with Crippen LogP contribution in [0.15, 0.2) is 41.4 Å². The molecule has 0 atom stereocenters. The molecule has 114 valence electrons. The molecular weight excluding hydrogens is 282 g/mol. The van der Waals surface area contributed by atoms with Crippen LogP contribution in [-0.2, 0) is 6.54 Å². The maximum atomic E-state index is 5.74. The fourth-order valence-electron chi connectivity index (χ4n) is 1.87. The molecule has 0 N–H and O–H groups in total. The monoisotopic (exact) mass is 299 g/mol. The van der Waals surface area contributed by atoms with Gasteiger partial charge >= 0.3 is 0 Å². The van der Waals surface area contributed by atoms with Crippen molar-refractivity contribution >= 4 is 0 Å². The van der Waals surface area contributed by atoms with E-state index in [-0.39, 0.29) is 5.60 Å². The maximum absolute atomic E-state index is 5.74. The molecule has 0 spiro atoms. The molecule has 3 aromatic rings. The molecule has 0 aliphatic rings. The molecule has 3 heterocycles. The molecular formula is C15H17N5O2. The summed E-state index contributed by atoms with van der Waals surface area (Å²) >= 11 is 0. The lowest BCUT2D eigenvalue weighted by Gasteiger charge is -2.20. The van der Waals surface area contributed by atoms with Crippen LogP contribution in [0.1, 0.15) is 26.6 Å². The van der Waals surface area contributed by atoms with Crippen LogP contribution in [0.25, 0.3) is 11.6 Å². The number of hydrogen-bond acceptors (Lipinski definition) is 6. The molecule has 7 nitrogen and oxygen atoms in total. The van der Waals surface area contributed by atoms with Crippen molar-refractivity contribution in [1.29, 1.82) is 0 Å². The number of nitrogens with zero attached hydrogens (tertiary/aromatic N) is 5. The van der Waals surface area contributed by atoms with E-state index >= 15 is 0 Å². The highest BCUT2D eigenvalue weighted by atomic mass is 16.5. The Balaban J connectivity index is 1.79. The molecule has 0 aromatic carbocycles. The summed E-state index contributed by atoms with van der Waals surface area (Å²) in [7, 11) is 0. The predicted octanol–water partition coefficient (Wildman–Crippen LogP) is 2.55. The van der Waals surface area contributed by atoms with Crippen LogP contribution in [0.5, 0.6) is 5.88 Å². The Kier molecular flexibility index (Phi) is 3.62. The number of aromatic nitrogens is 5. The van der Waals surface area contributed by atoms with Crippen molar-refractivity contribution in [2.45, 2.75) is 32.9 Å². The topological polar surface area (TPSA) is 78.9 Å². The zero-order valence-corrected chi connectivity index (χ0v) is 12.7. The van der Waals surface area contributed by atoms with Crippen LogP contribution in [0.4, 0.5) is 0 Å². The van der Waals surface area contributed by atoms with E-state index in [1.54, 1.807) is 18.6 Å². The van der Waals surface area contributed by atoms with Crippen molar-refractivity contribution in [2.75, 3.05) is 0 Å². The minimum Gasteiger partial charge on any atom is -0.472 e. The number of imidazole rings is 1. The number of hydrogen-bond donors (Lipinski definition) is 0. The van der Waals surface area contributed by atoms with Crippen LogP contribution in [-0.4, -0.2) is 30.3 Å². The molecule has 0 amide bonds. The largest absolute Gasteiger partial charge is 0.472 e. The van der Waals surface area contributed by atoms with Gasteiger partial charge in [0.1, 0.15) is 11.3 Å². The lowest BCUT2D eigenvalue weighted by Crippen LogP contribution is -2.23. The Labute approximate surface area is 128 Å². The lowest BCUT2D eigenvalue weighted by molar-refractivity contribution is 0.124. The third kappa shape index (κ3) is 3.49. The first-order valence-electron chi connectivity index (χ1n) is 6.94. The van der Waals surface area contributed by atoms with E-state index < -0.39 is 0 Å². The van der Waals surface area contributed by atoms with E-state index in [1.807, 2.05) is 43.7 Å². The van der Waals surface area contributed by atoms with Gasteiger partial charge in [-0.2, -0.15) is 4.98 Å². The average Bonchev–Trinajstić information content (AvgIpc) is 3.09. The van der Waals surface area contributed by atoms with Gasteiger partial charge in [0.15, 0.2) is 5.82 Å². The van der Waals surface area contributed by atoms with E-state index in [1.165, 1.54) is 0 Å². The minimum absolute atomic E-state index is 0.312. The summed E-state index contributed by atoms with van der Waals surface area (Å²) in [6.07, 6.45) is 5.24. The summed E-state index contributed by atoms with van der Waals surface area (Å²) in [5.74, 6) is 1.46. The Hall–Kier alpha value is -2.70. The third-order valence-electron chi connectivity index (χ3n) is 2.70. The van der Waals surface area contributed by atoms with E-state index in [9.17, 15) is 0 Å². The normalized spacial score (nSPS) is 11.6. The summed E-state index contributed by atoms with van der Waals surface area (Å²) in [4.78, 5) is 12.7. The third-order valence-corrected chi connectivity index (χ3v) is 2.70. The standard InChI is InChI=1S/C15H17N5O2/c1-15(2,3)21-13-6-4-5-11(17-13)14-18-12(19-22-14)9-20-8-7-16-10-20/h4-8,10H,9H2,1-3H3. The number of rotatable bonds is 4. The lowest BCUT2D eigenvalue weighted by atomic mass is 10.2. The van der Waals surface area contributed by atoms with Gasteiger partial charge in [0.2, 0.25) is 5.88 Å². The molecule has 22 heavy (non-hydrogen) atoms. The summed E-state index contributed by atoms with van der Waals surface area (Å²) in [6, 6.07) is 5.46. The summed E-state index contributed by atoms with van der Waals surface area (Å²) in [5, 5.41) is 3.96. The van der Waals surface area contributed by atoms with Crippen LogP contribution >= 0.6 is 0 Å². The Morgan fingerprint density at radius 1 is 1.23 bits per heavy atom. The van der Waals surface area contributed by atoms with Crippen molar-refractivity contribution in [2.24, 2.45) is 0 Å². The second-order valence-electron chi connectivity index (χ2n) is 5.83. The first-order chi connectivity index (χ1) is 10.5. The highest BCUT2D eigenvalue weighted by Gasteiger charge is 2.15. The van der Waals surface area contributed by atoms with Crippen LogP contribution in [0, 0.1) is 0 Å². The van der Waals surface area contributed by atoms with Crippen molar-refractivity contribution < 1.29 is 9.26 Å². The van der Waals surface area contributed by atoms with Gasteiger partial charge < -0.3 is 13.8 Å². The van der Waals surface area contributed by atoms with Crippen molar-refractivity contribution in [3.8, 4) is 17.5 Å². The fraction of sp³-hybridized carbons (Fsp3) is 0.333. The highest BCUT2D eigenvalue weighted by Crippen LogP contribution is 2.21. The molecule has 0 saturated heterocycles. The summed E-state index contributed by atoms with van der Waals surface area (Å²) in [5.41, 5.74) is 0.277. The van der Waals surface area contributed by atoms with Gasteiger partial charge in [0.05, 0.1) is 12.9 Å². The highest BCUT2D eigenvalue weighted by molar-refractivity contribution is 5.47. The zero-order chi connectivity index (χ0) is 15.6. The number of pyridine rings is 1. The first kappa shape index (κ1) is 14.2. The second kappa shape index (κ2) is 5.59. The van der Waals surface area contributed by atoms with Crippen LogP contribution in [0.3, 0.4) is 0 Å². The predicted molar refractivity (Wildman–Crippen MR) is 79.2 cm³/mol. The van der Waals surface area contributed by atoms with E-state index in [0.29, 0.717) is 29.8 Å². The quantitative estimate of drug-likeness (QED) is 0.736. The van der Waals surface area contributed by atoms with E-state index in [4.69, 9.17) is 9.26 Å². The van der Waals surface area contributed by atoms with Crippen molar-refractivity contribution in [1.82, 2.24) is 24.7 Å². The number of ether oxygens (including phenoxy) is 1. The fourth-order valence-corrected chi connectivity index (χ4v) is 1.87. The summed E-state index contributed by atoms with van der Waals surface area (Å²) in [6.45, 7) is 6.41. The van der Waals surface area contributed by atoms with Gasteiger partial charge in [-0.3, -0.25) is 0 Å². The van der Waals surface area contributed by atoms with E-state index in [2.05, 4.69) is 20.1 Å². The van der Waals surface area contributed by atoms with Crippen molar-refractivity contribution in [3.05, 3.63) is 42.7 Å². The first-order valence-corrected chi connectivity index (χ1v) is 6.94. The van der Waals surface area contributed by atoms with Crippen LogP contribution in [0.2, 0.25) is 0 Å². The maximum Gasteiger partial charge on any atom is 0.276 e. The molecule has 7 heteroatoms. The molecule has 0 saturated carbocycles. The molecule has 0 bridgehead atoms. The molecule has 0 radical (unpaired) electrons. The minimum atomic E-state index is -0.312. The Bertz CT molecular complexity index is 743. The van der Waals surface area contributed by atoms with Crippen LogP contribution < -0.4 is 4.74 Å². The van der Waals surface area contributed by atoms with Gasteiger partial charge in [0.25, 0.3) is 5.89 Å². The molecule has 0 unspecified atom stereocenters. The molecule has 0 aliphatic carbocycles. The molecule has 0 fully saturated rings. The molecule has 0 aliphatic heterocycles. The van der Waals surface area contributed by atoms with Gasteiger partial charge in [0, 0.05) is 18.5 Å². The van der Waals surface area contributed by atoms with Gasteiger partial charge in [-0.05, 0) is 26.8 Å². The van der Waals surface area contributed by atoms with E-state index in [0.717, 1.165) is 0 Å². The second-order valence-corrected chi connectivity index (χ2v) is 5.83. The smallest absolute Gasteiger partial charge is 0.276 e. The van der Waals surface area contributed by atoms with Gasteiger partial charge in [-0.15, -0.1) is 0 Å². The van der Waals surface area contributed by atoms with Gasteiger partial charge in [-0.1, -0.05) is 11.2 Å². The average molecular weight is 299 g/mol. The zero-order valence-electron chi connectivity index (χ0n) is 12.7. The molecule has 3 rings (SSSR count). The van der Waals surface area contributed by atoms with Crippen molar-refractivity contribution in [3.63, 3.8) is 0 Å². The summed E-state index contributed by atoms with van der Waals surface area (Å²) < 4.78 is 12.9. The SMILES string of the molecule is CC(C)(C)Oc1cccc(-c2nc(Cn3ccnc3)no2)n1. The Morgan fingerprint density at radius 3 is 2.82 bits per heavy atom.